The predicted molar refractivity (Wildman–Crippen MR) is 83.6 cm³/mol. The molecule has 124 valence electrons. The van der Waals surface area contributed by atoms with E-state index in [1.807, 2.05) is 0 Å². The first-order valence-electron chi connectivity index (χ1n) is 7.11. The first kappa shape index (κ1) is 16.9. The predicted octanol–water partition coefficient (Wildman–Crippen LogP) is 0.501. The molecule has 3 unspecified atom stereocenters. The van der Waals surface area contributed by atoms with E-state index in [2.05, 4.69) is 10.0 Å². The van der Waals surface area contributed by atoms with Gasteiger partial charge >= 0.3 is 0 Å². The summed E-state index contributed by atoms with van der Waals surface area (Å²) < 4.78 is 30.5. The van der Waals surface area contributed by atoms with Crippen LogP contribution >= 0.6 is 0 Å². The zero-order valence-electron chi connectivity index (χ0n) is 12.6. The van der Waals surface area contributed by atoms with E-state index in [4.69, 9.17) is 9.84 Å². The standard InChI is InChI=1S/C14H22N2O5S/c1-9(17)7-15-8-10-5-14(10)21-11-3-4-13(18)12(6-11)16-22(2,19)20/h3-4,6,9-10,14-18H,5,7-8H2,1-2H3. The number of phenolic OH excluding ortho intramolecular Hbond substituents is 1. The van der Waals surface area contributed by atoms with Crippen LogP contribution in [0.1, 0.15) is 13.3 Å². The van der Waals surface area contributed by atoms with E-state index in [1.54, 1.807) is 13.0 Å². The minimum Gasteiger partial charge on any atom is -0.506 e. The smallest absolute Gasteiger partial charge is 0.229 e. The molecule has 0 spiro atoms. The van der Waals surface area contributed by atoms with Gasteiger partial charge in [0.1, 0.15) is 17.6 Å². The Morgan fingerprint density at radius 1 is 1.45 bits per heavy atom. The number of anilines is 1. The third-order valence-electron chi connectivity index (χ3n) is 3.25. The average Bonchev–Trinajstić information content (AvgIpc) is 3.09. The third-order valence-corrected chi connectivity index (χ3v) is 3.85. The minimum absolute atomic E-state index is 0.0668. The minimum atomic E-state index is -3.46. The Hall–Kier alpha value is -1.51. The quantitative estimate of drug-likeness (QED) is 0.517. The lowest BCUT2D eigenvalue weighted by molar-refractivity contribution is 0.189. The first-order chi connectivity index (χ1) is 10.2. The number of ether oxygens (including phenoxy) is 1. The molecule has 0 aliphatic heterocycles. The summed E-state index contributed by atoms with van der Waals surface area (Å²) in [6, 6.07) is 4.46. The summed E-state index contributed by atoms with van der Waals surface area (Å²) in [5.41, 5.74) is 0.101. The third kappa shape index (κ3) is 5.36. The van der Waals surface area contributed by atoms with Gasteiger partial charge < -0.3 is 20.3 Å². The van der Waals surface area contributed by atoms with E-state index in [1.165, 1.54) is 12.1 Å². The molecule has 2 rings (SSSR count). The summed E-state index contributed by atoms with van der Waals surface area (Å²) in [6.07, 6.45) is 1.62. The Kier molecular flexibility index (Phi) is 5.15. The normalized spacial score (nSPS) is 22.1. The second kappa shape index (κ2) is 6.72. The molecule has 8 heteroatoms. The summed E-state index contributed by atoms with van der Waals surface area (Å²) in [5, 5.41) is 22.0. The molecule has 7 nitrogen and oxygen atoms in total. The monoisotopic (exact) mass is 330 g/mol. The lowest BCUT2D eigenvalue weighted by Gasteiger charge is -2.11. The van der Waals surface area contributed by atoms with Crippen LogP contribution in [0.4, 0.5) is 5.69 Å². The maximum absolute atomic E-state index is 11.2. The van der Waals surface area contributed by atoms with Gasteiger partial charge in [0.2, 0.25) is 10.0 Å². The average molecular weight is 330 g/mol. The number of phenols is 1. The van der Waals surface area contributed by atoms with Gasteiger partial charge in [-0.3, -0.25) is 4.72 Å². The fraction of sp³-hybridized carbons (Fsp3) is 0.571. The molecule has 1 aliphatic carbocycles. The molecule has 1 fully saturated rings. The summed E-state index contributed by atoms with van der Waals surface area (Å²) in [6.45, 7) is 3.04. The Balaban J connectivity index is 1.88. The molecule has 0 bridgehead atoms. The first-order valence-corrected chi connectivity index (χ1v) is 9.00. The number of hydrogen-bond donors (Lipinski definition) is 4. The summed E-state index contributed by atoms with van der Waals surface area (Å²) in [5.74, 6) is 0.731. The van der Waals surface area contributed by atoms with Crippen molar-refractivity contribution in [1.29, 1.82) is 0 Å². The van der Waals surface area contributed by atoms with Gasteiger partial charge in [0.05, 0.1) is 18.0 Å². The van der Waals surface area contributed by atoms with Gasteiger partial charge in [-0.25, -0.2) is 8.42 Å². The van der Waals surface area contributed by atoms with Crippen molar-refractivity contribution in [3.05, 3.63) is 18.2 Å². The Labute approximate surface area is 130 Å². The van der Waals surface area contributed by atoms with Crippen LogP contribution < -0.4 is 14.8 Å². The van der Waals surface area contributed by atoms with E-state index in [0.717, 1.165) is 19.2 Å². The number of nitrogens with one attached hydrogen (secondary N) is 2. The molecule has 1 aliphatic rings. The van der Waals surface area contributed by atoms with Crippen molar-refractivity contribution in [2.45, 2.75) is 25.6 Å². The molecule has 3 atom stereocenters. The van der Waals surface area contributed by atoms with E-state index in [0.29, 0.717) is 18.2 Å². The second-order valence-electron chi connectivity index (χ2n) is 5.71. The maximum Gasteiger partial charge on any atom is 0.229 e. The van der Waals surface area contributed by atoms with Crippen LogP contribution in [0.2, 0.25) is 0 Å². The van der Waals surface area contributed by atoms with Crippen LogP contribution in [0.3, 0.4) is 0 Å². The molecule has 0 amide bonds. The van der Waals surface area contributed by atoms with Crippen LogP contribution in [0.5, 0.6) is 11.5 Å². The van der Waals surface area contributed by atoms with Crippen molar-refractivity contribution in [2.24, 2.45) is 5.92 Å². The highest BCUT2D eigenvalue weighted by atomic mass is 32.2. The fourth-order valence-electron chi connectivity index (χ4n) is 2.10. The molecule has 4 N–H and O–H groups in total. The molecule has 0 heterocycles. The lowest BCUT2D eigenvalue weighted by Crippen LogP contribution is -2.27. The highest BCUT2D eigenvalue weighted by Gasteiger charge is 2.39. The van der Waals surface area contributed by atoms with Crippen molar-refractivity contribution in [2.75, 3.05) is 24.1 Å². The second-order valence-corrected chi connectivity index (χ2v) is 7.46. The lowest BCUT2D eigenvalue weighted by atomic mass is 10.3. The zero-order valence-corrected chi connectivity index (χ0v) is 13.4. The van der Waals surface area contributed by atoms with Gasteiger partial charge in [-0.15, -0.1) is 0 Å². The number of rotatable bonds is 8. The molecule has 1 saturated carbocycles. The highest BCUT2D eigenvalue weighted by molar-refractivity contribution is 7.92. The number of aliphatic hydroxyl groups excluding tert-OH is 1. The van der Waals surface area contributed by atoms with E-state index in [9.17, 15) is 13.5 Å². The van der Waals surface area contributed by atoms with Gasteiger partial charge in [-0.1, -0.05) is 0 Å². The van der Waals surface area contributed by atoms with Gasteiger partial charge in [-0.2, -0.15) is 0 Å². The molecule has 22 heavy (non-hydrogen) atoms. The molecular formula is C14H22N2O5S. The molecule has 0 saturated heterocycles. The molecule has 0 radical (unpaired) electrons. The largest absolute Gasteiger partial charge is 0.506 e. The molecule has 0 aromatic heterocycles. The molecular weight excluding hydrogens is 308 g/mol. The number of sulfonamides is 1. The van der Waals surface area contributed by atoms with Crippen molar-refractivity contribution in [1.82, 2.24) is 5.32 Å². The number of benzene rings is 1. The van der Waals surface area contributed by atoms with Crippen LogP contribution in [0.25, 0.3) is 0 Å². The summed E-state index contributed by atoms with van der Waals surface area (Å²) in [4.78, 5) is 0. The van der Waals surface area contributed by atoms with E-state index >= 15 is 0 Å². The zero-order chi connectivity index (χ0) is 16.3. The van der Waals surface area contributed by atoms with Crippen molar-refractivity contribution in [3.8, 4) is 11.5 Å². The Morgan fingerprint density at radius 2 is 2.18 bits per heavy atom. The van der Waals surface area contributed by atoms with Crippen LogP contribution in [-0.4, -0.2) is 50.2 Å². The summed E-state index contributed by atoms with van der Waals surface area (Å²) in [7, 11) is -3.46. The topological polar surface area (TPSA) is 108 Å². The Morgan fingerprint density at radius 3 is 2.82 bits per heavy atom. The van der Waals surface area contributed by atoms with Gasteiger partial charge in [0.15, 0.2) is 0 Å². The number of aliphatic hydroxyl groups is 1. The molecule has 1 aromatic rings. The van der Waals surface area contributed by atoms with Crippen LogP contribution in [0.15, 0.2) is 18.2 Å². The van der Waals surface area contributed by atoms with E-state index in [-0.39, 0.29) is 23.6 Å². The number of hydrogen-bond acceptors (Lipinski definition) is 6. The van der Waals surface area contributed by atoms with E-state index < -0.39 is 10.0 Å². The fourth-order valence-corrected chi connectivity index (χ4v) is 2.66. The van der Waals surface area contributed by atoms with Crippen molar-refractivity contribution < 1.29 is 23.4 Å². The van der Waals surface area contributed by atoms with Gasteiger partial charge in [0, 0.05) is 25.1 Å². The Bertz CT molecular complexity index is 618. The maximum atomic E-state index is 11.2. The molecule has 1 aromatic carbocycles. The SMILES string of the molecule is CC(O)CNCC1CC1Oc1ccc(O)c(NS(C)(=O)=O)c1. The van der Waals surface area contributed by atoms with Gasteiger partial charge in [0.25, 0.3) is 0 Å². The van der Waals surface area contributed by atoms with Gasteiger partial charge in [-0.05, 0) is 25.5 Å². The van der Waals surface area contributed by atoms with Crippen molar-refractivity contribution in [3.63, 3.8) is 0 Å². The van der Waals surface area contributed by atoms with Crippen molar-refractivity contribution >= 4 is 15.7 Å². The van der Waals surface area contributed by atoms with Crippen LogP contribution in [0, 0.1) is 5.92 Å². The summed E-state index contributed by atoms with van der Waals surface area (Å²) >= 11 is 0. The van der Waals surface area contributed by atoms with Crippen LogP contribution in [-0.2, 0) is 10.0 Å². The number of aromatic hydroxyl groups is 1. The highest BCUT2D eigenvalue weighted by Crippen LogP contribution is 2.36.